The first-order valence-corrected chi connectivity index (χ1v) is 6.78. The molecule has 2 rings (SSSR count). The van der Waals surface area contributed by atoms with Crippen molar-refractivity contribution in [1.82, 2.24) is 4.72 Å². The summed E-state index contributed by atoms with van der Waals surface area (Å²) in [6.45, 7) is 3.10. The van der Waals surface area contributed by atoms with Crippen molar-refractivity contribution in [3.63, 3.8) is 0 Å². The highest BCUT2D eigenvalue weighted by Crippen LogP contribution is 2.33. The van der Waals surface area contributed by atoms with E-state index in [0.717, 1.165) is 6.54 Å². The highest BCUT2D eigenvalue weighted by Gasteiger charge is 2.13. The van der Waals surface area contributed by atoms with Gasteiger partial charge in [0.15, 0.2) is 0 Å². The molecule has 0 radical (unpaired) electrons. The maximum atomic E-state index is 3.36. The summed E-state index contributed by atoms with van der Waals surface area (Å²) in [4.78, 5) is 0. The Labute approximate surface area is 107 Å². The summed E-state index contributed by atoms with van der Waals surface area (Å²) in [6.07, 6.45) is 0. The summed E-state index contributed by atoms with van der Waals surface area (Å²) < 4.78 is 3.36. The number of benzene rings is 2. The van der Waals surface area contributed by atoms with Crippen LogP contribution in [-0.4, -0.2) is 6.54 Å². The topological polar surface area (TPSA) is 12.0 Å². The molecule has 1 nitrogen and oxygen atoms in total. The van der Waals surface area contributed by atoms with Crippen LogP contribution >= 0.6 is 11.9 Å². The minimum Gasteiger partial charge on any atom is -0.264 e. The normalized spacial score (nSPS) is 10.7. The second-order valence-corrected chi connectivity index (χ2v) is 4.81. The zero-order valence-electron chi connectivity index (χ0n) is 9.97. The minimum atomic E-state index is 0.359. The van der Waals surface area contributed by atoms with E-state index in [2.05, 4.69) is 72.3 Å². The predicted molar refractivity (Wildman–Crippen MR) is 76.0 cm³/mol. The molecule has 0 saturated carbocycles. The van der Waals surface area contributed by atoms with E-state index in [1.807, 2.05) is 0 Å². The van der Waals surface area contributed by atoms with Crippen molar-refractivity contribution in [3.05, 3.63) is 71.8 Å². The van der Waals surface area contributed by atoms with Crippen LogP contribution in [0.15, 0.2) is 60.7 Å². The van der Waals surface area contributed by atoms with Gasteiger partial charge in [0.2, 0.25) is 0 Å². The average molecular weight is 243 g/mol. The van der Waals surface area contributed by atoms with Crippen molar-refractivity contribution in [2.24, 2.45) is 0 Å². The van der Waals surface area contributed by atoms with Gasteiger partial charge < -0.3 is 0 Å². The van der Waals surface area contributed by atoms with Crippen LogP contribution in [0.5, 0.6) is 0 Å². The van der Waals surface area contributed by atoms with Crippen LogP contribution in [-0.2, 0) is 0 Å². The largest absolute Gasteiger partial charge is 0.264 e. The lowest BCUT2D eigenvalue weighted by atomic mass is 10.0. The molecule has 1 N–H and O–H groups in total. The number of rotatable bonds is 5. The van der Waals surface area contributed by atoms with E-state index in [1.165, 1.54) is 11.1 Å². The summed E-state index contributed by atoms with van der Waals surface area (Å²) in [6, 6.07) is 21.2. The Morgan fingerprint density at radius 2 is 1.35 bits per heavy atom. The SMILES string of the molecule is CCNSC(c1ccccc1)c1ccccc1. The van der Waals surface area contributed by atoms with Crippen molar-refractivity contribution >= 4 is 11.9 Å². The van der Waals surface area contributed by atoms with Gasteiger partial charge in [-0.05, 0) is 11.1 Å². The second kappa shape index (κ2) is 6.48. The molecule has 0 bridgehead atoms. The van der Waals surface area contributed by atoms with E-state index in [4.69, 9.17) is 0 Å². The molecule has 0 aliphatic carbocycles. The van der Waals surface area contributed by atoms with Crippen LogP contribution < -0.4 is 4.72 Å². The van der Waals surface area contributed by atoms with Gasteiger partial charge >= 0.3 is 0 Å². The van der Waals surface area contributed by atoms with E-state index in [0.29, 0.717) is 5.25 Å². The molecule has 0 aromatic heterocycles. The molecule has 88 valence electrons. The van der Waals surface area contributed by atoms with Crippen LogP contribution in [0.25, 0.3) is 0 Å². The number of hydrogen-bond acceptors (Lipinski definition) is 2. The lowest BCUT2D eigenvalue weighted by molar-refractivity contribution is 1.01. The van der Waals surface area contributed by atoms with Gasteiger partial charge in [-0.1, -0.05) is 79.5 Å². The van der Waals surface area contributed by atoms with Crippen LogP contribution in [0.3, 0.4) is 0 Å². The first kappa shape index (κ1) is 12.2. The number of nitrogens with one attached hydrogen (secondary N) is 1. The third-order valence-electron chi connectivity index (χ3n) is 2.55. The van der Waals surface area contributed by atoms with Gasteiger partial charge in [0.05, 0.1) is 5.25 Å². The Bertz CT molecular complexity index is 388. The summed E-state index contributed by atoms with van der Waals surface area (Å²) >= 11 is 1.78. The molecule has 0 heterocycles. The van der Waals surface area contributed by atoms with Crippen molar-refractivity contribution in [2.45, 2.75) is 12.2 Å². The Morgan fingerprint density at radius 3 is 1.76 bits per heavy atom. The van der Waals surface area contributed by atoms with Crippen LogP contribution in [0.2, 0.25) is 0 Å². The van der Waals surface area contributed by atoms with Crippen LogP contribution in [0.4, 0.5) is 0 Å². The molecule has 0 aliphatic heterocycles. The van der Waals surface area contributed by atoms with Gasteiger partial charge in [-0.2, -0.15) is 0 Å². The van der Waals surface area contributed by atoms with E-state index in [9.17, 15) is 0 Å². The Morgan fingerprint density at radius 1 is 0.882 bits per heavy atom. The molecule has 0 aliphatic rings. The smallest absolute Gasteiger partial charge is 0.0691 e. The summed E-state index contributed by atoms with van der Waals surface area (Å²) in [5, 5.41) is 0.359. The molecule has 2 aromatic carbocycles. The third kappa shape index (κ3) is 3.35. The lowest BCUT2D eigenvalue weighted by Gasteiger charge is -2.17. The van der Waals surface area contributed by atoms with Crippen molar-refractivity contribution in [1.29, 1.82) is 0 Å². The highest BCUT2D eigenvalue weighted by molar-refractivity contribution is 7.97. The quantitative estimate of drug-likeness (QED) is 0.796. The third-order valence-corrected chi connectivity index (χ3v) is 3.79. The molecule has 17 heavy (non-hydrogen) atoms. The lowest BCUT2D eigenvalue weighted by Crippen LogP contribution is -2.07. The molecular weight excluding hydrogens is 226 g/mol. The molecule has 0 amide bonds. The predicted octanol–water partition coefficient (Wildman–Crippen LogP) is 4.03. The Balaban J connectivity index is 2.26. The van der Waals surface area contributed by atoms with Crippen molar-refractivity contribution < 1.29 is 0 Å². The molecule has 0 unspecified atom stereocenters. The molecular formula is C15H17NS. The summed E-state index contributed by atoms with van der Waals surface area (Å²) in [7, 11) is 0. The van der Waals surface area contributed by atoms with E-state index >= 15 is 0 Å². The average Bonchev–Trinajstić information content (AvgIpc) is 2.42. The van der Waals surface area contributed by atoms with Gasteiger partial charge in [-0.25, -0.2) is 0 Å². The van der Waals surface area contributed by atoms with Crippen LogP contribution in [0, 0.1) is 0 Å². The monoisotopic (exact) mass is 243 g/mol. The maximum Gasteiger partial charge on any atom is 0.0691 e. The van der Waals surface area contributed by atoms with Crippen LogP contribution in [0.1, 0.15) is 23.3 Å². The minimum absolute atomic E-state index is 0.359. The Hall–Kier alpha value is -1.25. The first-order chi connectivity index (χ1) is 8.42. The Kier molecular flexibility index (Phi) is 4.65. The standard InChI is InChI=1S/C15H17NS/c1-2-16-17-15(13-9-5-3-6-10-13)14-11-7-4-8-12-14/h3-12,15-16H,2H2,1H3. The van der Waals surface area contributed by atoms with E-state index < -0.39 is 0 Å². The van der Waals surface area contributed by atoms with E-state index in [-0.39, 0.29) is 0 Å². The highest BCUT2D eigenvalue weighted by atomic mass is 32.2. The fourth-order valence-electron chi connectivity index (χ4n) is 1.75. The zero-order valence-corrected chi connectivity index (χ0v) is 10.8. The van der Waals surface area contributed by atoms with Crippen molar-refractivity contribution in [3.8, 4) is 0 Å². The molecule has 0 spiro atoms. The molecule has 0 atom stereocenters. The second-order valence-electron chi connectivity index (χ2n) is 3.82. The van der Waals surface area contributed by atoms with Crippen molar-refractivity contribution in [2.75, 3.05) is 6.54 Å². The molecule has 0 saturated heterocycles. The van der Waals surface area contributed by atoms with Gasteiger partial charge in [0, 0.05) is 6.54 Å². The van der Waals surface area contributed by atoms with Gasteiger partial charge in [0.25, 0.3) is 0 Å². The zero-order chi connectivity index (χ0) is 11.9. The number of hydrogen-bond donors (Lipinski definition) is 1. The fourth-order valence-corrected chi connectivity index (χ4v) is 2.67. The van der Waals surface area contributed by atoms with Gasteiger partial charge in [0.1, 0.15) is 0 Å². The molecule has 0 fully saturated rings. The molecule has 2 heteroatoms. The molecule has 2 aromatic rings. The maximum absolute atomic E-state index is 3.36. The van der Waals surface area contributed by atoms with Gasteiger partial charge in [-0.3, -0.25) is 4.72 Å². The fraction of sp³-hybridized carbons (Fsp3) is 0.200. The first-order valence-electron chi connectivity index (χ1n) is 5.90. The van der Waals surface area contributed by atoms with Gasteiger partial charge in [-0.15, -0.1) is 0 Å². The van der Waals surface area contributed by atoms with E-state index in [1.54, 1.807) is 11.9 Å². The summed E-state index contributed by atoms with van der Waals surface area (Å²) in [5.41, 5.74) is 2.68. The summed E-state index contributed by atoms with van der Waals surface area (Å²) in [5.74, 6) is 0.